The molecule has 0 aliphatic carbocycles. The number of aliphatic imine (C=N–C) groups is 1. The zero-order valence-corrected chi connectivity index (χ0v) is 23.8. The van der Waals surface area contributed by atoms with Crippen molar-refractivity contribution < 1.29 is 27.8 Å². The van der Waals surface area contributed by atoms with Gasteiger partial charge >= 0.3 is 0 Å². The van der Waals surface area contributed by atoms with Crippen molar-refractivity contribution in [3.63, 3.8) is 0 Å². The highest BCUT2D eigenvalue weighted by molar-refractivity contribution is 7.91. The number of benzene rings is 3. The summed E-state index contributed by atoms with van der Waals surface area (Å²) < 4.78 is 37.9. The predicted octanol–water partition coefficient (Wildman–Crippen LogP) is 4.23. The molecule has 0 fully saturated rings. The van der Waals surface area contributed by atoms with Crippen molar-refractivity contribution in [2.45, 2.75) is 42.7 Å². The van der Waals surface area contributed by atoms with Crippen LogP contribution in [0.1, 0.15) is 30.9 Å². The third kappa shape index (κ3) is 7.02. The highest BCUT2D eigenvalue weighted by Crippen LogP contribution is 2.33. The number of nitrogens with one attached hydrogen (secondary N) is 1. The van der Waals surface area contributed by atoms with Crippen LogP contribution in [0.2, 0.25) is 5.02 Å². The number of sulfone groups is 1. The van der Waals surface area contributed by atoms with Gasteiger partial charge in [-0.25, -0.2) is 13.4 Å². The molecule has 3 aromatic rings. The summed E-state index contributed by atoms with van der Waals surface area (Å²) in [4.78, 5) is 18.6. The molecular weight excluding hydrogens is 552 g/mol. The summed E-state index contributed by atoms with van der Waals surface area (Å²) >= 11 is 6.27. The fourth-order valence-corrected chi connectivity index (χ4v) is 6.07. The van der Waals surface area contributed by atoms with Crippen LogP contribution in [0, 0.1) is 0 Å². The molecule has 3 aromatic carbocycles. The van der Waals surface area contributed by atoms with Gasteiger partial charge in [-0.1, -0.05) is 48.0 Å². The van der Waals surface area contributed by atoms with Gasteiger partial charge in [0.05, 0.1) is 17.3 Å². The van der Waals surface area contributed by atoms with E-state index in [9.17, 15) is 13.2 Å². The Balaban J connectivity index is 1.57. The highest BCUT2D eigenvalue weighted by atomic mass is 35.5. The summed E-state index contributed by atoms with van der Waals surface area (Å²) in [5.74, 6) is 0.195. The number of amides is 1. The molecule has 212 valence electrons. The van der Waals surface area contributed by atoms with Gasteiger partial charge in [-0.15, -0.1) is 0 Å². The summed E-state index contributed by atoms with van der Waals surface area (Å²) in [5.41, 5.74) is 0.0814. The second-order valence-electron chi connectivity index (χ2n) is 9.53. The summed E-state index contributed by atoms with van der Waals surface area (Å²) in [7, 11) is -3.67. The number of halogens is 1. The highest BCUT2D eigenvalue weighted by Gasteiger charge is 2.50. The molecule has 4 rings (SSSR count). The summed E-state index contributed by atoms with van der Waals surface area (Å²) in [6.07, 6.45) is 0.256. The minimum absolute atomic E-state index is 0.0448. The quantitative estimate of drug-likeness (QED) is 0.291. The Morgan fingerprint density at radius 3 is 2.48 bits per heavy atom. The van der Waals surface area contributed by atoms with Crippen LogP contribution in [0.25, 0.3) is 0 Å². The molecule has 0 aromatic heterocycles. The van der Waals surface area contributed by atoms with Gasteiger partial charge in [0.15, 0.2) is 15.4 Å². The van der Waals surface area contributed by atoms with Crippen molar-refractivity contribution >= 4 is 33.2 Å². The van der Waals surface area contributed by atoms with E-state index in [1.165, 1.54) is 0 Å². The first-order valence-corrected chi connectivity index (χ1v) is 15.2. The van der Waals surface area contributed by atoms with E-state index >= 15 is 0 Å². The van der Waals surface area contributed by atoms with Crippen LogP contribution < -0.4 is 10.1 Å². The molecule has 0 unspecified atom stereocenters. The molecule has 1 aliphatic heterocycles. The van der Waals surface area contributed by atoms with E-state index in [1.54, 1.807) is 67.6 Å². The number of aliphatic hydroxyl groups excluding tert-OH is 1. The first kappa shape index (κ1) is 29.6. The standard InChI is InChI=1S/C30H33ClN2O6S/c1-22-30(17-21-40(36,37)26-9-3-2-4-10-26,29(35)32-18-16-23-8-5-6-11-27(23)31)33-28(39-22)24-12-14-25(15-13-24)38-20-7-19-34/h2-6,8-15,22,34H,7,16-21H2,1H3,(H,32,35)/t22-,30-/m1/s1. The van der Waals surface area contributed by atoms with E-state index in [2.05, 4.69) is 5.32 Å². The van der Waals surface area contributed by atoms with Crippen LogP contribution in [0.15, 0.2) is 88.8 Å². The lowest BCUT2D eigenvalue weighted by Gasteiger charge is -2.28. The number of rotatable bonds is 13. The molecular formula is C30H33ClN2O6S. The molecule has 2 N–H and O–H groups in total. The zero-order chi connectivity index (χ0) is 28.6. The molecule has 1 aliphatic rings. The van der Waals surface area contributed by atoms with E-state index in [-0.39, 0.29) is 29.6 Å². The smallest absolute Gasteiger partial charge is 0.251 e. The Labute approximate surface area is 239 Å². The lowest BCUT2D eigenvalue weighted by molar-refractivity contribution is -0.128. The SMILES string of the molecule is C[C@H]1OC(c2ccc(OCCCO)cc2)=N[C@@]1(CCS(=O)(=O)c1ccccc1)C(=O)NCCc1ccccc1Cl. The maximum atomic E-state index is 13.7. The van der Waals surface area contributed by atoms with Crippen molar-refractivity contribution in [1.82, 2.24) is 5.32 Å². The zero-order valence-electron chi connectivity index (χ0n) is 22.3. The van der Waals surface area contributed by atoms with Gasteiger partial charge in [-0.05, 0) is 67.8 Å². The van der Waals surface area contributed by atoms with E-state index in [0.29, 0.717) is 42.3 Å². The molecule has 10 heteroatoms. The molecule has 0 saturated carbocycles. The van der Waals surface area contributed by atoms with Crippen LogP contribution in [0.5, 0.6) is 5.75 Å². The van der Waals surface area contributed by atoms with E-state index in [1.807, 2.05) is 18.2 Å². The Hall–Kier alpha value is -3.40. The topological polar surface area (TPSA) is 114 Å². The maximum Gasteiger partial charge on any atom is 0.251 e. The van der Waals surface area contributed by atoms with Crippen LogP contribution in [-0.4, -0.2) is 62.5 Å². The molecule has 0 spiro atoms. The largest absolute Gasteiger partial charge is 0.494 e. The Bertz CT molecular complexity index is 1430. The molecule has 40 heavy (non-hydrogen) atoms. The van der Waals surface area contributed by atoms with Gasteiger partial charge in [-0.2, -0.15) is 0 Å². The predicted molar refractivity (Wildman–Crippen MR) is 155 cm³/mol. The fraction of sp³-hybridized carbons (Fsp3) is 0.333. The van der Waals surface area contributed by atoms with Gasteiger partial charge in [-0.3, -0.25) is 4.79 Å². The first-order chi connectivity index (χ1) is 19.2. The van der Waals surface area contributed by atoms with Crippen molar-refractivity contribution in [3.05, 3.63) is 95.0 Å². The van der Waals surface area contributed by atoms with E-state index < -0.39 is 27.4 Å². The second-order valence-corrected chi connectivity index (χ2v) is 12.0. The monoisotopic (exact) mass is 584 g/mol. The minimum Gasteiger partial charge on any atom is -0.494 e. The third-order valence-electron chi connectivity index (χ3n) is 6.82. The molecule has 0 radical (unpaired) electrons. The van der Waals surface area contributed by atoms with Crippen LogP contribution in [-0.2, 0) is 25.8 Å². The summed E-state index contributed by atoms with van der Waals surface area (Å²) in [5, 5.41) is 12.5. The summed E-state index contributed by atoms with van der Waals surface area (Å²) in [6.45, 7) is 2.46. The molecule has 0 saturated heterocycles. The maximum absolute atomic E-state index is 13.7. The van der Waals surface area contributed by atoms with Gasteiger partial charge in [0.2, 0.25) is 5.90 Å². The van der Waals surface area contributed by atoms with Gasteiger partial charge in [0.1, 0.15) is 11.9 Å². The van der Waals surface area contributed by atoms with Gasteiger partial charge < -0.3 is 19.9 Å². The average molecular weight is 585 g/mol. The van der Waals surface area contributed by atoms with E-state index in [4.69, 9.17) is 31.2 Å². The second kappa shape index (κ2) is 13.3. The molecule has 1 amide bonds. The fourth-order valence-electron chi connectivity index (χ4n) is 4.45. The number of aliphatic hydroxyl groups is 1. The number of hydrogen-bond acceptors (Lipinski definition) is 7. The minimum atomic E-state index is -3.67. The van der Waals surface area contributed by atoms with Gasteiger partial charge in [0.25, 0.3) is 5.91 Å². The van der Waals surface area contributed by atoms with Crippen LogP contribution >= 0.6 is 11.6 Å². The van der Waals surface area contributed by atoms with Gasteiger partial charge in [0, 0.05) is 30.2 Å². The normalized spacial score (nSPS) is 18.6. The van der Waals surface area contributed by atoms with Crippen molar-refractivity contribution in [2.75, 3.05) is 25.5 Å². The number of nitrogens with zero attached hydrogens (tertiary/aromatic N) is 1. The number of carbonyl (C=O) groups excluding carboxylic acids is 1. The van der Waals surface area contributed by atoms with Crippen molar-refractivity contribution in [1.29, 1.82) is 0 Å². The number of ether oxygens (including phenoxy) is 2. The summed E-state index contributed by atoms with van der Waals surface area (Å²) in [6, 6.07) is 22.6. The molecule has 2 atom stereocenters. The lowest BCUT2D eigenvalue weighted by atomic mass is 9.90. The average Bonchev–Trinajstić information content (AvgIpc) is 3.31. The third-order valence-corrected chi connectivity index (χ3v) is 8.92. The number of carbonyl (C=O) groups is 1. The van der Waals surface area contributed by atoms with E-state index in [0.717, 1.165) is 5.56 Å². The molecule has 1 heterocycles. The molecule has 8 nitrogen and oxygen atoms in total. The number of hydrogen-bond donors (Lipinski definition) is 2. The Morgan fingerprint density at radius 2 is 1.77 bits per heavy atom. The Kier molecular flexibility index (Phi) is 9.84. The van der Waals surface area contributed by atoms with Crippen molar-refractivity contribution in [2.24, 2.45) is 4.99 Å². The van der Waals surface area contributed by atoms with Crippen molar-refractivity contribution in [3.8, 4) is 5.75 Å². The van der Waals surface area contributed by atoms with Crippen LogP contribution in [0.3, 0.4) is 0 Å². The first-order valence-electron chi connectivity index (χ1n) is 13.2. The Morgan fingerprint density at radius 1 is 1.07 bits per heavy atom. The van der Waals surface area contributed by atoms with Crippen LogP contribution in [0.4, 0.5) is 0 Å². The lowest BCUT2D eigenvalue weighted by Crippen LogP contribution is -2.52. The molecule has 0 bridgehead atoms.